The zero-order valence-electron chi connectivity index (χ0n) is 16.8. The molecule has 0 fully saturated rings. The maximum absolute atomic E-state index is 12.9. The SMILES string of the molecule is Cc1nc(CSc2ccccc2C(=O)Nc2nc(-c3ccc(C)c(C)c3)cs2)no1. The van der Waals surface area contributed by atoms with E-state index in [1.165, 1.54) is 34.2 Å². The Morgan fingerprint density at radius 2 is 1.93 bits per heavy atom. The molecule has 152 valence electrons. The predicted octanol–water partition coefficient (Wildman–Crippen LogP) is 5.66. The van der Waals surface area contributed by atoms with E-state index in [-0.39, 0.29) is 5.91 Å². The number of hydrogen-bond acceptors (Lipinski definition) is 7. The second-order valence-corrected chi connectivity index (χ2v) is 8.68. The summed E-state index contributed by atoms with van der Waals surface area (Å²) in [6.07, 6.45) is 0. The van der Waals surface area contributed by atoms with Crippen LogP contribution in [0.15, 0.2) is 57.3 Å². The minimum atomic E-state index is -0.191. The van der Waals surface area contributed by atoms with Crippen LogP contribution in [0.25, 0.3) is 11.3 Å². The van der Waals surface area contributed by atoms with Crippen LogP contribution >= 0.6 is 23.1 Å². The van der Waals surface area contributed by atoms with E-state index in [2.05, 4.69) is 52.5 Å². The first-order valence-electron chi connectivity index (χ1n) is 9.35. The number of amides is 1. The first-order valence-corrected chi connectivity index (χ1v) is 11.2. The van der Waals surface area contributed by atoms with Gasteiger partial charge in [0.2, 0.25) is 5.89 Å². The van der Waals surface area contributed by atoms with Crippen LogP contribution < -0.4 is 5.32 Å². The summed E-state index contributed by atoms with van der Waals surface area (Å²) in [5.41, 5.74) is 4.95. The van der Waals surface area contributed by atoms with E-state index in [1.54, 1.807) is 13.0 Å². The molecule has 0 atom stereocenters. The molecule has 1 N–H and O–H groups in total. The fraction of sp³-hybridized carbons (Fsp3) is 0.182. The van der Waals surface area contributed by atoms with E-state index in [1.807, 2.05) is 23.6 Å². The first kappa shape index (κ1) is 20.3. The molecule has 8 heteroatoms. The molecule has 2 aromatic heterocycles. The molecule has 4 aromatic rings. The monoisotopic (exact) mass is 436 g/mol. The number of aromatic nitrogens is 3. The summed E-state index contributed by atoms with van der Waals surface area (Å²) in [5.74, 6) is 1.46. The highest BCUT2D eigenvalue weighted by atomic mass is 32.2. The molecule has 0 aliphatic rings. The number of rotatable bonds is 6. The summed E-state index contributed by atoms with van der Waals surface area (Å²) in [6, 6.07) is 13.7. The van der Waals surface area contributed by atoms with Crippen molar-refractivity contribution >= 4 is 34.1 Å². The van der Waals surface area contributed by atoms with Gasteiger partial charge in [0.1, 0.15) is 0 Å². The largest absolute Gasteiger partial charge is 0.340 e. The molecule has 0 aliphatic heterocycles. The van der Waals surface area contributed by atoms with E-state index in [4.69, 9.17) is 4.52 Å². The fourth-order valence-corrected chi connectivity index (χ4v) is 4.46. The highest BCUT2D eigenvalue weighted by Gasteiger charge is 2.15. The zero-order chi connectivity index (χ0) is 21.1. The van der Waals surface area contributed by atoms with E-state index in [0.29, 0.717) is 28.2 Å². The highest BCUT2D eigenvalue weighted by Crippen LogP contribution is 2.29. The molecule has 0 radical (unpaired) electrons. The Labute approximate surface area is 182 Å². The average Bonchev–Trinajstić information content (AvgIpc) is 3.37. The molecule has 0 bridgehead atoms. The third-order valence-electron chi connectivity index (χ3n) is 4.59. The Morgan fingerprint density at radius 1 is 1.10 bits per heavy atom. The van der Waals surface area contributed by atoms with E-state index in [0.717, 1.165) is 16.2 Å². The third kappa shape index (κ3) is 4.60. The number of thioether (sulfide) groups is 1. The lowest BCUT2D eigenvalue weighted by Gasteiger charge is -2.07. The van der Waals surface area contributed by atoms with Gasteiger partial charge in [0.25, 0.3) is 5.91 Å². The normalized spacial score (nSPS) is 10.9. The number of benzene rings is 2. The summed E-state index contributed by atoms with van der Waals surface area (Å²) in [4.78, 5) is 22.5. The maximum Gasteiger partial charge on any atom is 0.258 e. The minimum absolute atomic E-state index is 0.191. The standard InChI is InChI=1S/C22H20N4O2S2/c1-13-8-9-16(10-14(13)2)18-11-30-22(24-18)25-21(27)17-6-4-5-7-19(17)29-12-20-23-15(3)28-26-20/h4-11H,12H2,1-3H3,(H,24,25,27). The summed E-state index contributed by atoms with van der Waals surface area (Å²) < 4.78 is 5.00. The Morgan fingerprint density at radius 3 is 2.70 bits per heavy atom. The van der Waals surface area contributed by atoms with Crippen LogP contribution in [0.4, 0.5) is 5.13 Å². The van der Waals surface area contributed by atoms with Crippen molar-refractivity contribution in [2.45, 2.75) is 31.4 Å². The minimum Gasteiger partial charge on any atom is -0.340 e. The predicted molar refractivity (Wildman–Crippen MR) is 120 cm³/mol. The maximum atomic E-state index is 12.9. The third-order valence-corrected chi connectivity index (χ3v) is 6.41. The van der Waals surface area contributed by atoms with Crippen molar-refractivity contribution in [3.8, 4) is 11.3 Å². The van der Waals surface area contributed by atoms with Gasteiger partial charge in [-0.25, -0.2) is 4.98 Å². The number of carbonyl (C=O) groups excluding carboxylic acids is 1. The van der Waals surface area contributed by atoms with Gasteiger partial charge in [-0.3, -0.25) is 10.1 Å². The molecule has 0 unspecified atom stereocenters. The quantitative estimate of drug-likeness (QED) is 0.393. The molecule has 2 aromatic carbocycles. The van der Waals surface area contributed by atoms with E-state index >= 15 is 0 Å². The Bertz CT molecular complexity index is 1200. The molecular weight excluding hydrogens is 416 g/mol. The van der Waals surface area contributed by atoms with Crippen molar-refractivity contribution in [2.75, 3.05) is 5.32 Å². The fourth-order valence-electron chi connectivity index (χ4n) is 2.85. The Kier molecular flexibility index (Phi) is 5.96. The molecule has 0 saturated heterocycles. The van der Waals surface area contributed by atoms with Gasteiger partial charge in [0.05, 0.1) is 17.0 Å². The molecule has 0 saturated carbocycles. The number of nitrogens with zero attached hydrogens (tertiary/aromatic N) is 3. The van der Waals surface area contributed by atoms with Gasteiger partial charge >= 0.3 is 0 Å². The first-order chi connectivity index (χ1) is 14.5. The molecule has 0 spiro atoms. The van der Waals surface area contributed by atoms with Crippen LogP contribution in [0, 0.1) is 20.8 Å². The Balaban J connectivity index is 1.48. The van der Waals surface area contributed by atoms with E-state index < -0.39 is 0 Å². The van der Waals surface area contributed by atoms with Crippen molar-refractivity contribution in [3.05, 3.63) is 76.3 Å². The molecule has 1 amide bonds. The lowest BCUT2D eigenvalue weighted by Crippen LogP contribution is -2.12. The smallest absolute Gasteiger partial charge is 0.258 e. The van der Waals surface area contributed by atoms with Crippen molar-refractivity contribution < 1.29 is 9.32 Å². The van der Waals surface area contributed by atoms with Gasteiger partial charge in [-0.2, -0.15) is 4.98 Å². The van der Waals surface area contributed by atoms with Crippen LogP contribution in [-0.4, -0.2) is 21.0 Å². The number of hydrogen-bond donors (Lipinski definition) is 1. The van der Waals surface area contributed by atoms with Gasteiger partial charge in [-0.1, -0.05) is 29.4 Å². The van der Waals surface area contributed by atoms with Gasteiger partial charge in [-0.05, 0) is 43.2 Å². The van der Waals surface area contributed by atoms with Crippen molar-refractivity contribution in [1.82, 2.24) is 15.1 Å². The zero-order valence-corrected chi connectivity index (χ0v) is 18.4. The lowest BCUT2D eigenvalue weighted by atomic mass is 10.1. The van der Waals surface area contributed by atoms with Crippen molar-refractivity contribution in [2.24, 2.45) is 0 Å². The molecule has 30 heavy (non-hydrogen) atoms. The summed E-state index contributed by atoms with van der Waals surface area (Å²) in [5, 5.41) is 9.35. The van der Waals surface area contributed by atoms with Crippen molar-refractivity contribution in [1.29, 1.82) is 0 Å². The van der Waals surface area contributed by atoms with Gasteiger partial charge < -0.3 is 4.52 Å². The second-order valence-electron chi connectivity index (χ2n) is 6.81. The molecule has 0 aliphatic carbocycles. The lowest BCUT2D eigenvalue weighted by molar-refractivity contribution is 0.102. The average molecular weight is 437 g/mol. The van der Waals surface area contributed by atoms with Crippen LogP contribution in [0.2, 0.25) is 0 Å². The number of carbonyl (C=O) groups is 1. The number of aryl methyl sites for hydroxylation is 3. The molecule has 6 nitrogen and oxygen atoms in total. The van der Waals surface area contributed by atoms with Gasteiger partial charge in [-0.15, -0.1) is 23.1 Å². The van der Waals surface area contributed by atoms with Crippen molar-refractivity contribution in [3.63, 3.8) is 0 Å². The van der Waals surface area contributed by atoms with Crippen LogP contribution in [0.5, 0.6) is 0 Å². The van der Waals surface area contributed by atoms with Crippen LogP contribution in [-0.2, 0) is 5.75 Å². The molecular formula is C22H20N4O2S2. The van der Waals surface area contributed by atoms with Gasteiger partial charge in [0.15, 0.2) is 11.0 Å². The second kappa shape index (κ2) is 8.81. The number of thiazole rings is 1. The Hall–Kier alpha value is -2.97. The summed E-state index contributed by atoms with van der Waals surface area (Å²) >= 11 is 2.91. The highest BCUT2D eigenvalue weighted by molar-refractivity contribution is 7.98. The number of nitrogens with one attached hydrogen (secondary N) is 1. The number of anilines is 1. The van der Waals surface area contributed by atoms with Crippen LogP contribution in [0.3, 0.4) is 0 Å². The summed E-state index contributed by atoms with van der Waals surface area (Å²) in [7, 11) is 0. The topological polar surface area (TPSA) is 80.9 Å². The molecule has 4 rings (SSSR count). The van der Waals surface area contributed by atoms with Crippen LogP contribution in [0.1, 0.15) is 33.2 Å². The van der Waals surface area contributed by atoms with E-state index in [9.17, 15) is 4.79 Å². The van der Waals surface area contributed by atoms with Gasteiger partial charge in [0, 0.05) is 22.8 Å². The molecule has 2 heterocycles. The summed E-state index contributed by atoms with van der Waals surface area (Å²) in [6.45, 7) is 5.92.